The van der Waals surface area contributed by atoms with Gasteiger partial charge in [0.05, 0.1) is 6.10 Å². The molecule has 0 aliphatic carbocycles. The van der Waals surface area contributed by atoms with E-state index in [4.69, 9.17) is 5.11 Å². The highest BCUT2D eigenvalue weighted by molar-refractivity contribution is 5.25. The molecule has 2 nitrogen and oxygen atoms in total. The first-order valence-corrected chi connectivity index (χ1v) is 4.55. The van der Waals surface area contributed by atoms with E-state index in [0.717, 1.165) is 11.1 Å². The largest absolute Gasteiger partial charge is 0.396 e. The molecule has 13 heavy (non-hydrogen) atoms. The third kappa shape index (κ3) is 3.17. The molecule has 0 amide bonds. The molecule has 71 valence electrons. The molecule has 0 bridgehead atoms. The fourth-order valence-electron chi connectivity index (χ4n) is 1.33. The molecular weight excluding hydrogens is 164 g/mol. The molecule has 0 saturated carbocycles. The van der Waals surface area contributed by atoms with Crippen LogP contribution in [0.15, 0.2) is 24.3 Å². The average Bonchev–Trinajstić information content (AvgIpc) is 2.09. The third-order valence-corrected chi connectivity index (χ3v) is 2.16. The van der Waals surface area contributed by atoms with Crippen molar-refractivity contribution in [3.05, 3.63) is 35.4 Å². The summed E-state index contributed by atoms with van der Waals surface area (Å²) in [6.45, 7) is 1.99. The molecule has 0 aliphatic rings. The van der Waals surface area contributed by atoms with Crippen LogP contribution in [0.1, 0.15) is 17.5 Å². The number of aryl methyl sites for hydroxylation is 1. The Morgan fingerprint density at radius 1 is 1.38 bits per heavy atom. The van der Waals surface area contributed by atoms with E-state index in [-0.39, 0.29) is 6.61 Å². The van der Waals surface area contributed by atoms with E-state index in [1.54, 1.807) is 0 Å². The highest BCUT2D eigenvalue weighted by Gasteiger charge is 2.07. The zero-order chi connectivity index (χ0) is 9.68. The van der Waals surface area contributed by atoms with Gasteiger partial charge in [0.2, 0.25) is 0 Å². The van der Waals surface area contributed by atoms with Gasteiger partial charge in [-0.2, -0.15) is 0 Å². The van der Waals surface area contributed by atoms with E-state index in [0.29, 0.717) is 12.8 Å². The molecular formula is C11H15O2. The third-order valence-electron chi connectivity index (χ3n) is 2.16. The highest BCUT2D eigenvalue weighted by atomic mass is 16.3. The van der Waals surface area contributed by atoms with Gasteiger partial charge in [0.1, 0.15) is 0 Å². The Hall–Kier alpha value is -0.860. The maximum absolute atomic E-state index is 11.3. The lowest BCUT2D eigenvalue weighted by Crippen LogP contribution is -2.11. The van der Waals surface area contributed by atoms with E-state index in [2.05, 4.69) is 0 Å². The van der Waals surface area contributed by atoms with Gasteiger partial charge in [-0.05, 0) is 18.1 Å². The van der Waals surface area contributed by atoms with Gasteiger partial charge in [-0.25, -0.2) is 5.11 Å². The van der Waals surface area contributed by atoms with Crippen LogP contribution in [0.5, 0.6) is 0 Å². The number of aliphatic hydroxyl groups excluding tert-OH is 1. The van der Waals surface area contributed by atoms with Crippen molar-refractivity contribution in [2.45, 2.75) is 25.9 Å². The summed E-state index contributed by atoms with van der Waals surface area (Å²) in [7, 11) is 0. The lowest BCUT2D eigenvalue weighted by atomic mass is 10.0. The Kier molecular flexibility index (Phi) is 3.93. The Morgan fingerprint density at radius 3 is 2.69 bits per heavy atom. The maximum atomic E-state index is 11.3. The van der Waals surface area contributed by atoms with E-state index < -0.39 is 6.10 Å². The fourth-order valence-corrected chi connectivity index (χ4v) is 1.33. The number of hydrogen-bond acceptors (Lipinski definition) is 1. The van der Waals surface area contributed by atoms with Crippen molar-refractivity contribution in [2.24, 2.45) is 0 Å². The summed E-state index contributed by atoms with van der Waals surface area (Å²) < 4.78 is 0. The SMILES string of the molecule is Cc1ccccc1CC([O])CCO. The summed E-state index contributed by atoms with van der Waals surface area (Å²) in [6, 6.07) is 7.87. The second-order valence-electron chi connectivity index (χ2n) is 3.26. The van der Waals surface area contributed by atoms with Crippen molar-refractivity contribution in [3.8, 4) is 0 Å². The Morgan fingerprint density at radius 2 is 2.08 bits per heavy atom. The second kappa shape index (κ2) is 5.00. The lowest BCUT2D eigenvalue weighted by molar-refractivity contribution is 0.0644. The summed E-state index contributed by atoms with van der Waals surface area (Å²) >= 11 is 0. The van der Waals surface area contributed by atoms with E-state index >= 15 is 0 Å². The fraction of sp³-hybridized carbons (Fsp3) is 0.455. The van der Waals surface area contributed by atoms with Crippen LogP contribution in [0.2, 0.25) is 0 Å². The average molecular weight is 179 g/mol. The molecule has 0 saturated heterocycles. The summed E-state index contributed by atoms with van der Waals surface area (Å²) in [6.07, 6.45) is 0.188. The molecule has 1 aromatic carbocycles. The molecule has 0 spiro atoms. The molecule has 1 unspecified atom stereocenters. The van der Waals surface area contributed by atoms with Crippen molar-refractivity contribution in [1.82, 2.24) is 0 Å². The number of benzene rings is 1. The highest BCUT2D eigenvalue weighted by Crippen LogP contribution is 2.11. The standard InChI is InChI=1S/C11H15O2/c1-9-4-2-3-5-10(9)8-11(13)6-7-12/h2-5,11-12H,6-8H2,1H3. The molecule has 1 aromatic rings. The smallest absolute Gasteiger partial charge is 0.0992 e. The first-order valence-electron chi connectivity index (χ1n) is 4.55. The van der Waals surface area contributed by atoms with Crippen LogP contribution in [0.4, 0.5) is 0 Å². The van der Waals surface area contributed by atoms with Crippen molar-refractivity contribution in [3.63, 3.8) is 0 Å². The zero-order valence-corrected chi connectivity index (χ0v) is 7.86. The van der Waals surface area contributed by atoms with Crippen LogP contribution < -0.4 is 0 Å². The first kappa shape index (κ1) is 10.2. The topological polar surface area (TPSA) is 40.1 Å². The minimum Gasteiger partial charge on any atom is -0.396 e. The van der Waals surface area contributed by atoms with Gasteiger partial charge in [-0.3, -0.25) is 0 Å². The molecule has 1 atom stereocenters. The van der Waals surface area contributed by atoms with Crippen LogP contribution in [-0.2, 0) is 11.5 Å². The van der Waals surface area contributed by atoms with Crippen LogP contribution in [-0.4, -0.2) is 17.8 Å². The molecule has 1 radical (unpaired) electrons. The van der Waals surface area contributed by atoms with E-state index in [9.17, 15) is 5.11 Å². The number of rotatable bonds is 4. The predicted molar refractivity (Wildman–Crippen MR) is 51.1 cm³/mol. The Labute approximate surface area is 78.8 Å². The van der Waals surface area contributed by atoms with Crippen molar-refractivity contribution in [1.29, 1.82) is 0 Å². The van der Waals surface area contributed by atoms with Gasteiger partial charge in [0.15, 0.2) is 0 Å². The molecule has 0 heterocycles. The minimum absolute atomic E-state index is 0.0138. The van der Waals surface area contributed by atoms with Crippen molar-refractivity contribution in [2.75, 3.05) is 6.61 Å². The van der Waals surface area contributed by atoms with Gasteiger partial charge < -0.3 is 5.11 Å². The van der Waals surface area contributed by atoms with Gasteiger partial charge in [-0.1, -0.05) is 24.3 Å². The van der Waals surface area contributed by atoms with Crippen molar-refractivity contribution < 1.29 is 10.2 Å². The van der Waals surface area contributed by atoms with Crippen LogP contribution in [0.25, 0.3) is 0 Å². The molecule has 1 N–H and O–H groups in total. The first-order chi connectivity index (χ1) is 6.24. The number of aliphatic hydroxyl groups is 1. The summed E-state index contributed by atoms with van der Waals surface area (Å²) in [5.41, 5.74) is 2.25. The number of hydrogen-bond donors (Lipinski definition) is 1. The Bertz CT molecular complexity index is 258. The molecule has 0 aromatic heterocycles. The van der Waals surface area contributed by atoms with Gasteiger partial charge >= 0.3 is 0 Å². The van der Waals surface area contributed by atoms with Crippen LogP contribution in [0.3, 0.4) is 0 Å². The van der Waals surface area contributed by atoms with Crippen LogP contribution in [0, 0.1) is 6.92 Å². The maximum Gasteiger partial charge on any atom is 0.0992 e. The summed E-state index contributed by atoms with van der Waals surface area (Å²) in [5.74, 6) is 0. The lowest BCUT2D eigenvalue weighted by Gasteiger charge is -2.08. The van der Waals surface area contributed by atoms with E-state index in [1.165, 1.54) is 0 Å². The molecule has 0 aliphatic heterocycles. The van der Waals surface area contributed by atoms with Crippen LogP contribution >= 0.6 is 0 Å². The molecule has 1 rings (SSSR count). The molecule has 2 heteroatoms. The Balaban J connectivity index is 2.58. The second-order valence-corrected chi connectivity index (χ2v) is 3.26. The van der Waals surface area contributed by atoms with Gasteiger partial charge in [-0.15, -0.1) is 0 Å². The zero-order valence-electron chi connectivity index (χ0n) is 7.86. The quantitative estimate of drug-likeness (QED) is 0.751. The predicted octanol–water partition coefficient (Wildman–Crippen LogP) is 1.72. The van der Waals surface area contributed by atoms with Crippen molar-refractivity contribution >= 4 is 0 Å². The molecule has 0 fully saturated rings. The summed E-state index contributed by atoms with van der Waals surface area (Å²) in [5, 5.41) is 19.9. The monoisotopic (exact) mass is 179 g/mol. The van der Waals surface area contributed by atoms with Gasteiger partial charge in [0, 0.05) is 19.4 Å². The normalized spacial score (nSPS) is 12.8. The van der Waals surface area contributed by atoms with Gasteiger partial charge in [0.25, 0.3) is 0 Å². The van der Waals surface area contributed by atoms with E-state index in [1.807, 2.05) is 31.2 Å². The minimum atomic E-state index is -0.675. The summed E-state index contributed by atoms with van der Waals surface area (Å²) in [4.78, 5) is 0.